The Labute approximate surface area is 248 Å². The van der Waals surface area contributed by atoms with E-state index in [4.69, 9.17) is 4.74 Å². The van der Waals surface area contributed by atoms with Crippen LogP contribution in [0.5, 0.6) is 0 Å². The van der Waals surface area contributed by atoms with Gasteiger partial charge in [0.15, 0.2) is 0 Å². The van der Waals surface area contributed by atoms with Gasteiger partial charge in [0, 0.05) is 0 Å². The normalized spacial score (nSPS) is 12.1. The van der Waals surface area contributed by atoms with Crippen LogP contribution in [0.25, 0.3) is 0 Å². The largest absolute Gasteiger partial charge is 0.481 e. The zero-order valence-electron chi connectivity index (χ0n) is 26.5. The predicted molar refractivity (Wildman–Crippen MR) is 172 cm³/mol. The van der Waals surface area contributed by atoms with Crippen molar-refractivity contribution in [3.05, 3.63) is 24.8 Å². The Morgan fingerprint density at radius 2 is 1.00 bits per heavy atom. The van der Waals surface area contributed by atoms with Gasteiger partial charge in [-0.25, -0.2) is 0 Å². The highest BCUT2D eigenvalue weighted by molar-refractivity contribution is 5.78. The number of allylic oxidation sites excluding steroid dienone is 2. The zero-order chi connectivity index (χ0) is 29.4. The molecule has 0 aliphatic carbocycles. The minimum absolute atomic E-state index is 0.0455. The molecule has 0 aliphatic heterocycles. The third kappa shape index (κ3) is 29.4. The van der Waals surface area contributed by atoms with Gasteiger partial charge >= 0.3 is 11.9 Å². The quantitative estimate of drug-likeness (QED) is 0.0503. The van der Waals surface area contributed by atoms with Crippen molar-refractivity contribution in [2.75, 3.05) is 6.61 Å². The smallest absolute Gasteiger partial charge is 0.307 e. The lowest BCUT2D eigenvalue weighted by Gasteiger charge is -2.11. The summed E-state index contributed by atoms with van der Waals surface area (Å²) in [4.78, 5) is 23.0. The number of aliphatic carboxylic acids is 1. The average Bonchev–Trinajstić information content (AvgIpc) is 2.94. The Morgan fingerprint density at radius 1 is 0.625 bits per heavy atom. The van der Waals surface area contributed by atoms with E-state index in [9.17, 15) is 14.7 Å². The highest BCUT2D eigenvalue weighted by Crippen LogP contribution is 2.17. The molecule has 0 radical (unpaired) electrons. The first-order valence-corrected chi connectivity index (χ1v) is 17.3. The molecule has 0 aromatic carbocycles. The van der Waals surface area contributed by atoms with Gasteiger partial charge in [-0.2, -0.15) is 0 Å². The van der Waals surface area contributed by atoms with E-state index in [0.717, 1.165) is 19.3 Å². The minimum atomic E-state index is -0.904. The molecule has 4 heteroatoms. The van der Waals surface area contributed by atoms with Gasteiger partial charge in [-0.3, -0.25) is 9.59 Å². The molecule has 0 amide bonds. The van der Waals surface area contributed by atoms with Crippen LogP contribution >= 0.6 is 0 Å². The van der Waals surface area contributed by atoms with Crippen molar-refractivity contribution in [1.29, 1.82) is 0 Å². The van der Waals surface area contributed by atoms with Crippen LogP contribution < -0.4 is 0 Å². The van der Waals surface area contributed by atoms with Crippen LogP contribution in [-0.4, -0.2) is 23.7 Å². The molecule has 1 N–H and O–H groups in total. The number of unbranched alkanes of at least 4 members (excludes halogenated alkanes) is 23. The Bertz CT molecular complexity index is 598. The standard InChI is InChI=1S/C36H66O4/c1-3-5-6-7-8-9-10-11-12-13-14-15-16-17-18-19-20-21-22-23-24-25-26-27-28-29-30-31-34(36(38)39)33-35(37)40-32-4-2/h4,21-22,34H,2-3,5-20,23-33H2,1H3,(H,38,39)/b22-21+. The summed E-state index contributed by atoms with van der Waals surface area (Å²) in [6, 6.07) is 0. The third-order valence-corrected chi connectivity index (χ3v) is 7.94. The van der Waals surface area contributed by atoms with Gasteiger partial charge in [-0.05, 0) is 32.1 Å². The summed E-state index contributed by atoms with van der Waals surface area (Å²) in [5.74, 6) is -1.99. The van der Waals surface area contributed by atoms with Gasteiger partial charge in [0.25, 0.3) is 0 Å². The molecular weight excluding hydrogens is 496 g/mol. The number of rotatable bonds is 32. The van der Waals surface area contributed by atoms with Crippen molar-refractivity contribution in [1.82, 2.24) is 0 Å². The number of hydrogen-bond acceptors (Lipinski definition) is 3. The van der Waals surface area contributed by atoms with E-state index in [-0.39, 0.29) is 13.0 Å². The molecule has 0 fully saturated rings. The second kappa shape index (κ2) is 31.9. The van der Waals surface area contributed by atoms with Crippen molar-refractivity contribution in [3.63, 3.8) is 0 Å². The summed E-state index contributed by atoms with van der Waals surface area (Å²) in [5.41, 5.74) is 0. The van der Waals surface area contributed by atoms with Crippen molar-refractivity contribution >= 4 is 11.9 Å². The molecule has 0 spiro atoms. The van der Waals surface area contributed by atoms with Crippen molar-refractivity contribution in [2.45, 2.75) is 180 Å². The maximum Gasteiger partial charge on any atom is 0.307 e. The fraction of sp³-hybridized carbons (Fsp3) is 0.833. The van der Waals surface area contributed by atoms with Crippen molar-refractivity contribution in [3.8, 4) is 0 Å². The maximum absolute atomic E-state index is 11.6. The number of carboxylic acids is 1. The third-order valence-electron chi connectivity index (χ3n) is 7.94. The van der Waals surface area contributed by atoms with Gasteiger partial charge < -0.3 is 9.84 Å². The van der Waals surface area contributed by atoms with E-state index in [2.05, 4.69) is 25.7 Å². The SMILES string of the molecule is C=CCOC(=O)CC(CCCCCCCCC/C=C/CCCCCCCCCCCCCCCCCC)C(=O)O. The van der Waals surface area contributed by atoms with Gasteiger partial charge in [-0.1, -0.05) is 167 Å². The maximum atomic E-state index is 11.6. The summed E-state index contributed by atoms with van der Waals surface area (Å²) < 4.78 is 4.91. The van der Waals surface area contributed by atoms with Crippen molar-refractivity contribution in [2.24, 2.45) is 5.92 Å². The molecule has 0 rings (SSSR count). The highest BCUT2D eigenvalue weighted by atomic mass is 16.5. The van der Waals surface area contributed by atoms with Crippen LogP contribution in [-0.2, 0) is 14.3 Å². The fourth-order valence-electron chi connectivity index (χ4n) is 5.31. The van der Waals surface area contributed by atoms with Crippen LogP contribution in [0.15, 0.2) is 24.8 Å². The summed E-state index contributed by atoms with van der Waals surface area (Å²) in [7, 11) is 0. The molecule has 0 aromatic rings. The van der Waals surface area contributed by atoms with Crippen LogP contribution in [0.2, 0.25) is 0 Å². The van der Waals surface area contributed by atoms with Crippen LogP contribution in [0.1, 0.15) is 180 Å². The lowest BCUT2D eigenvalue weighted by molar-refractivity contribution is -0.151. The second-order valence-corrected chi connectivity index (χ2v) is 11.8. The lowest BCUT2D eigenvalue weighted by atomic mass is 9.97. The molecule has 1 unspecified atom stereocenters. The minimum Gasteiger partial charge on any atom is -0.481 e. The zero-order valence-corrected chi connectivity index (χ0v) is 26.5. The van der Waals surface area contributed by atoms with Crippen LogP contribution in [0.4, 0.5) is 0 Å². The summed E-state index contributed by atoms with van der Waals surface area (Å²) in [6.07, 6.45) is 40.0. The Kier molecular flexibility index (Phi) is 30.7. The first-order chi connectivity index (χ1) is 19.6. The first-order valence-electron chi connectivity index (χ1n) is 17.3. The Morgan fingerprint density at radius 3 is 1.38 bits per heavy atom. The number of carboxylic acid groups (broad SMARTS) is 1. The predicted octanol–water partition coefficient (Wildman–Crippen LogP) is 11.5. The molecule has 0 aromatic heterocycles. The van der Waals surface area contributed by atoms with E-state index in [0.29, 0.717) is 6.42 Å². The molecule has 234 valence electrons. The van der Waals surface area contributed by atoms with Gasteiger partial charge in [-0.15, -0.1) is 0 Å². The average molecular weight is 563 g/mol. The van der Waals surface area contributed by atoms with E-state index in [1.807, 2.05) is 0 Å². The molecule has 0 bridgehead atoms. The molecule has 4 nitrogen and oxygen atoms in total. The summed E-state index contributed by atoms with van der Waals surface area (Å²) >= 11 is 0. The number of hydrogen-bond donors (Lipinski definition) is 1. The number of carbonyl (C=O) groups excluding carboxylic acids is 1. The summed E-state index contributed by atoms with van der Waals surface area (Å²) in [6.45, 7) is 5.92. The molecule has 0 saturated carbocycles. The number of esters is 1. The van der Waals surface area contributed by atoms with Gasteiger partial charge in [0.2, 0.25) is 0 Å². The van der Waals surface area contributed by atoms with E-state index in [1.54, 1.807) is 0 Å². The molecule has 0 saturated heterocycles. The van der Waals surface area contributed by atoms with Crippen molar-refractivity contribution < 1.29 is 19.4 Å². The van der Waals surface area contributed by atoms with E-state index in [1.165, 1.54) is 147 Å². The molecule has 1 atom stereocenters. The number of ether oxygens (including phenoxy) is 1. The van der Waals surface area contributed by atoms with Crippen LogP contribution in [0.3, 0.4) is 0 Å². The summed E-state index contributed by atoms with van der Waals surface area (Å²) in [5, 5.41) is 9.31. The molecule has 40 heavy (non-hydrogen) atoms. The molecular formula is C36H66O4. The first kappa shape index (κ1) is 38.4. The monoisotopic (exact) mass is 562 g/mol. The van der Waals surface area contributed by atoms with Gasteiger partial charge in [0.1, 0.15) is 6.61 Å². The van der Waals surface area contributed by atoms with Crippen LogP contribution in [0, 0.1) is 5.92 Å². The van der Waals surface area contributed by atoms with E-state index < -0.39 is 17.9 Å². The Hall–Kier alpha value is -1.58. The number of carbonyl (C=O) groups is 2. The Balaban J connectivity index is 3.33. The van der Waals surface area contributed by atoms with Gasteiger partial charge in [0.05, 0.1) is 12.3 Å². The van der Waals surface area contributed by atoms with E-state index >= 15 is 0 Å². The lowest BCUT2D eigenvalue weighted by Crippen LogP contribution is -2.19. The fourth-order valence-corrected chi connectivity index (χ4v) is 5.31. The topological polar surface area (TPSA) is 63.6 Å². The highest BCUT2D eigenvalue weighted by Gasteiger charge is 2.21. The molecule has 0 aliphatic rings. The second-order valence-electron chi connectivity index (χ2n) is 11.8. The molecule has 0 heterocycles.